The molecule has 1 atom stereocenters. The van der Waals surface area contributed by atoms with Crippen LogP contribution in [0.5, 0.6) is 0 Å². The highest BCUT2D eigenvalue weighted by molar-refractivity contribution is 6.50. The quantitative estimate of drug-likeness (QED) is 0.870. The number of nitrogens with one attached hydrogen (secondary N) is 1. The van der Waals surface area contributed by atoms with Gasteiger partial charge in [-0.1, -0.05) is 30.3 Å². The predicted molar refractivity (Wildman–Crippen MR) is 83.7 cm³/mol. The van der Waals surface area contributed by atoms with Crippen molar-refractivity contribution in [2.24, 2.45) is 0 Å². The molecule has 114 valence electrons. The van der Waals surface area contributed by atoms with E-state index in [0.29, 0.717) is 0 Å². The molecule has 0 unspecified atom stereocenters. The van der Waals surface area contributed by atoms with Crippen molar-refractivity contribution in [1.29, 1.82) is 0 Å². The van der Waals surface area contributed by atoms with Gasteiger partial charge in [-0.15, -0.1) is 0 Å². The summed E-state index contributed by atoms with van der Waals surface area (Å²) < 4.78 is 12.3. The van der Waals surface area contributed by atoms with Gasteiger partial charge in [0.25, 0.3) is 0 Å². The summed E-state index contributed by atoms with van der Waals surface area (Å²) >= 11 is 0. The largest absolute Gasteiger partial charge is 0.489 e. The Balaban J connectivity index is 2.41. The van der Waals surface area contributed by atoms with E-state index in [4.69, 9.17) is 9.31 Å². The van der Waals surface area contributed by atoms with Crippen molar-refractivity contribution in [3.8, 4) is 0 Å². The van der Waals surface area contributed by atoms with E-state index >= 15 is 0 Å². The van der Waals surface area contributed by atoms with Gasteiger partial charge in [-0.05, 0) is 40.2 Å². The highest BCUT2D eigenvalue weighted by atomic mass is 16.7. The molecule has 1 saturated heterocycles. The van der Waals surface area contributed by atoms with Gasteiger partial charge in [-0.25, -0.2) is 0 Å². The molecule has 1 aromatic rings. The topological polar surface area (TPSA) is 47.6 Å². The summed E-state index contributed by atoms with van der Waals surface area (Å²) in [5, 5.41) is 3.00. The van der Waals surface area contributed by atoms with Gasteiger partial charge in [0.15, 0.2) is 0 Å². The van der Waals surface area contributed by atoms with E-state index < -0.39 is 23.8 Å². The Bertz CT molecular complexity index is 514. The Kier molecular flexibility index (Phi) is 3.93. The van der Waals surface area contributed by atoms with Crippen LogP contribution >= 0.6 is 0 Å². The van der Waals surface area contributed by atoms with Gasteiger partial charge in [0, 0.05) is 6.92 Å². The Morgan fingerprint density at radius 2 is 1.57 bits per heavy atom. The molecule has 2 rings (SSSR count). The first-order valence-electron chi connectivity index (χ1n) is 7.28. The van der Waals surface area contributed by atoms with Gasteiger partial charge >= 0.3 is 7.12 Å². The van der Waals surface area contributed by atoms with Crippen molar-refractivity contribution in [2.75, 3.05) is 0 Å². The summed E-state index contributed by atoms with van der Waals surface area (Å²) in [7, 11) is -0.547. The predicted octanol–water partition coefficient (Wildman–Crippen LogP) is 2.67. The van der Waals surface area contributed by atoms with Crippen LogP contribution in [0.1, 0.15) is 47.1 Å². The maximum Gasteiger partial charge on any atom is 0.489 e. The van der Waals surface area contributed by atoms with Crippen LogP contribution in [0.3, 0.4) is 0 Å². The molecule has 1 aromatic carbocycles. The van der Waals surface area contributed by atoms with Crippen LogP contribution in [0.4, 0.5) is 0 Å². The zero-order chi connectivity index (χ0) is 15.9. The van der Waals surface area contributed by atoms with Crippen molar-refractivity contribution < 1.29 is 14.1 Å². The molecule has 1 aliphatic heterocycles. The van der Waals surface area contributed by atoms with Gasteiger partial charge in [0.05, 0.1) is 16.6 Å². The van der Waals surface area contributed by atoms with Crippen molar-refractivity contribution in [3.05, 3.63) is 35.9 Å². The number of amides is 1. The fourth-order valence-electron chi connectivity index (χ4n) is 2.50. The molecule has 0 bridgehead atoms. The molecule has 1 amide bonds. The molecule has 1 N–H and O–H groups in total. The van der Waals surface area contributed by atoms with Crippen LogP contribution in [0.25, 0.3) is 0 Å². The third-order valence-electron chi connectivity index (χ3n) is 4.53. The van der Waals surface area contributed by atoms with Crippen LogP contribution in [0.2, 0.25) is 0 Å². The van der Waals surface area contributed by atoms with Crippen molar-refractivity contribution >= 4 is 13.0 Å². The third kappa shape index (κ3) is 2.85. The monoisotopic (exact) mass is 289 g/mol. The molecular weight excluding hydrogens is 265 g/mol. The molecule has 0 aliphatic carbocycles. The first-order valence-corrected chi connectivity index (χ1v) is 7.28. The summed E-state index contributed by atoms with van der Waals surface area (Å²) in [5.41, 5.74) is -0.657. The Morgan fingerprint density at radius 1 is 1.10 bits per heavy atom. The fraction of sp³-hybridized carbons (Fsp3) is 0.562. The van der Waals surface area contributed by atoms with Gasteiger partial charge in [0.2, 0.25) is 5.91 Å². The lowest BCUT2D eigenvalue weighted by Gasteiger charge is -2.32. The molecule has 0 radical (unpaired) electrons. The van der Waals surface area contributed by atoms with Crippen molar-refractivity contribution in [3.63, 3.8) is 0 Å². The van der Waals surface area contributed by atoms with E-state index in [0.717, 1.165) is 5.56 Å². The summed E-state index contributed by atoms with van der Waals surface area (Å²) in [6, 6.07) is 9.78. The second-order valence-corrected chi connectivity index (χ2v) is 6.84. The first-order chi connectivity index (χ1) is 9.58. The van der Waals surface area contributed by atoms with Gasteiger partial charge in [-0.2, -0.15) is 0 Å². The smallest absolute Gasteiger partial charge is 0.401 e. The molecule has 1 heterocycles. The minimum Gasteiger partial charge on any atom is -0.401 e. The maximum absolute atomic E-state index is 11.7. The second kappa shape index (κ2) is 5.14. The zero-order valence-corrected chi connectivity index (χ0v) is 13.7. The van der Waals surface area contributed by atoms with Crippen LogP contribution in [-0.2, 0) is 19.5 Å². The summed E-state index contributed by atoms with van der Waals surface area (Å²) in [6.45, 7) is 11.5. The molecule has 0 saturated carbocycles. The Morgan fingerprint density at radius 3 is 2.00 bits per heavy atom. The van der Waals surface area contributed by atoms with Gasteiger partial charge in [0.1, 0.15) is 0 Å². The van der Waals surface area contributed by atoms with E-state index in [2.05, 4.69) is 5.32 Å². The number of rotatable bonds is 3. The van der Waals surface area contributed by atoms with E-state index in [1.54, 1.807) is 0 Å². The van der Waals surface area contributed by atoms with Gasteiger partial charge in [-0.3, -0.25) is 4.79 Å². The molecular formula is C16H24BNO3. The summed E-state index contributed by atoms with van der Waals surface area (Å²) in [6.07, 6.45) is 0. The van der Waals surface area contributed by atoms with Crippen LogP contribution in [-0.4, -0.2) is 24.2 Å². The number of hydrogen-bond acceptors (Lipinski definition) is 3. The molecule has 0 aromatic heterocycles. The highest BCUT2D eigenvalue weighted by Gasteiger charge is 2.59. The summed E-state index contributed by atoms with van der Waals surface area (Å²) in [5.74, 6) is -0.115. The van der Waals surface area contributed by atoms with Crippen molar-refractivity contribution in [2.45, 2.75) is 58.2 Å². The third-order valence-corrected chi connectivity index (χ3v) is 4.53. The minimum absolute atomic E-state index is 0.115. The average molecular weight is 289 g/mol. The fourth-order valence-corrected chi connectivity index (χ4v) is 2.50. The molecule has 1 fully saturated rings. The lowest BCUT2D eigenvalue weighted by molar-refractivity contribution is -0.120. The SMILES string of the molecule is CC(=O)N[C@](C)(B1OC(C)(C)C(C)(C)O1)c1ccccc1. The van der Waals surface area contributed by atoms with Crippen LogP contribution in [0, 0.1) is 0 Å². The Hall–Kier alpha value is -1.33. The number of carbonyl (C=O) groups excluding carboxylic acids is 1. The van der Waals surface area contributed by atoms with Crippen LogP contribution < -0.4 is 5.32 Å². The lowest BCUT2D eigenvalue weighted by atomic mass is 9.61. The van der Waals surface area contributed by atoms with E-state index in [1.165, 1.54) is 6.92 Å². The van der Waals surface area contributed by atoms with E-state index in [9.17, 15) is 4.79 Å². The number of carbonyl (C=O) groups is 1. The molecule has 21 heavy (non-hydrogen) atoms. The molecule has 1 aliphatic rings. The van der Waals surface area contributed by atoms with Crippen LogP contribution in [0.15, 0.2) is 30.3 Å². The Labute approximate surface area is 127 Å². The lowest BCUT2D eigenvalue weighted by Crippen LogP contribution is -2.55. The second-order valence-electron chi connectivity index (χ2n) is 6.84. The maximum atomic E-state index is 11.7. The standard InChI is InChI=1S/C16H24BNO3/c1-12(19)18-16(6,13-10-8-7-9-11-13)17-20-14(2,3)15(4,5)21-17/h7-11H,1-6H3,(H,18,19)/t16-/m0/s1. The number of benzene rings is 1. The normalized spacial score (nSPS) is 22.7. The molecule has 0 spiro atoms. The average Bonchev–Trinajstić information content (AvgIpc) is 2.59. The highest BCUT2D eigenvalue weighted by Crippen LogP contribution is 2.42. The van der Waals surface area contributed by atoms with Gasteiger partial charge < -0.3 is 14.6 Å². The summed E-state index contributed by atoms with van der Waals surface area (Å²) in [4.78, 5) is 11.7. The number of hydrogen-bond donors (Lipinski definition) is 1. The van der Waals surface area contributed by atoms with E-state index in [-0.39, 0.29) is 5.91 Å². The van der Waals surface area contributed by atoms with E-state index in [1.807, 2.05) is 65.0 Å². The minimum atomic E-state index is -0.738. The first kappa shape index (κ1) is 16.1. The molecule has 5 heteroatoms. The molecule has 4 nitrogen and oxygen atoms in total. The zero-order valence-electron chi connectivity index (χ0n) is 13.7. The van der Waals surface area contributed by atoms with Crippen molar-refractivity contribution in [1.82, 2.24) is 5.32 Å².